The Labute approximate surface area is 152 Å². The fraction of sp³-hybridized carbons (Fsp3) is 0.238. The van der Waals surface area contributed by atoms with Crippen LogP contribution in [0.25, 0.3) is 21.8 Å². The molecule has 0 aliphatic heterocycles. The number of aryl methyl sites for hydroxylation is 1. The molecule has 2 aromatic carbocycles. The molecule has 0 unspecified atom stereocenters. The van der Waals surface area contributed by atoms with Crippen LogP contribution < -0.4 is 5.32 Å². The van der Waals surface area contributed by atoms with Crippen molar-refractivity contribution in [3.8, 4) is 21.8 Å². The smallest absolute Gasteiger partial charge is 0.224 e. The van der Waals surface area contributed by atoms with E-state index in [9.17, 15) is 4.79 Å². The first-order chi connectivity index (χ1) is 12.2. The zero-order valence-electron chi connectivity index (χ0n) is 14.6. The van der Waals surface area contributed by atoms with E-state index >= 15 is 0 Å². The number of hydrogen-bond donors (Lipinski definition) is 1. The number of anilines is 1. The minimum Gasteiger partial charge on any atom is -0.326 e. The number of carbonyl (C=O) groups excluding carboxylic acids is 1. The third-order valence-corrected chi connectivity index (χ3v) is 4.98. The van der Waals surface area contributed by atoms with E-state index < -0.39 is 0 Å². The van der Waals surface area contributed by atoms with Crippen molar-refractivity contribution in [2.45, 2.75) is 33.1 Å². The number of benzene rings is 2. The Morgan fingerprint density at radius 3 is 2.60 bits per heavy atom. The van der Waals surface area contributed by atoms with Gasteiger partial charge in [-0.2, -0.15) is 0 Å². The molecule has 0 aliphatic rings. The zero-order valence-corrected chi connectivity index (χ0v) is 15.4. The number of hydrogen-bond acceptors (Lipinski definition) is 3. The molecule has 3 rings (SSSR count). The van der Waals surface area contributed by atoms with Crippen molar-refractivity contribution in [1.29, 1.82) is 0 Å². The third-order valence-electron chi connectivity index (χ3n) is 4.10. The summed E-state index contributed by atoms with van der Waals surface area (Å²) < 4.78 is 0. The van der Waals surface area contributed by atoms with Gasteiger partial charge in [-0.05, 0) is 31.0 Å². The van der Waals surface area contributed by atoms with E-state index in [2.05, 4.69) is 36.7 Å². The molecule has 4 heteroatoms. The maximum Gasteiger partial charge on any atom is 0.224 e. The molecule has 1 heterocycles. The fourth-order valence-electron chi connectivity index (χ4n) is 2.63. The van der Waals surface area contributed by atoms with Crippen molar-refractivity contribution in [1.82, 2.24) is 4.98 Å². The van der Waals surface area contributed by atoms with Gasteiger partial charge in [-0.15, -0.1) is 11.3 Å². The molecule has 0 aliphatic carbocycles. The lowest BCUT2D eigenvalue weighted by Gasteiger charge is -2.05. The van der Waals surface area contributed by atoms with Crippen LogP contribution in [0.15, 0.2) is 53.9 Å². The van der Waals surface area contributed by atoms with Crippen molar-refractivity contribution >= 4 is 22.9 Å². The second kappa shape index (κ2) is 8.08. The standard InChI is InChI=1S/C21H22N2OS/c1-3-4-9-20(24)22-17-12-10-16(11-13-17)19-14-25-21(23-19)18-8-6-5-7-15(18)2/h5-8,10-14H,3-4,9H2,1-2H3,(H,22,24). The summed E-state index contributed by atoms with van der Waals surface area (Å²) in [5, 5.41) is 6.05. The molecule has 25 heavy (non-hydrogen) atoms. The van der Waals surface area contributed by atoms with Crippen LogP contribution in [0.1, 0.15) is 31.7 Å². The van der Waals surface area contributed by atoms with Gasteiger partial charge in [0.2, 0.25) is 5.91 Å². The molecule has 0 fully saturated rings. The van der Waals surface area contributed by atoms with Crippen LogP contribution in [0.5, 0.6) is 0 Å². The van der Waals surface area contributed by atoms with Gasteiger partial charge in [0.05, 0.1) is 5.69 Å². The maximum atomic E-state index is 11.8. The Morgan fingerprint density at radius 1 is 1.12 bits per heavy atom. The molecule has 0 saturated heterocycles. The minimum atomic E-state index is 0.0742. The van der Waals surface area contributed by atoms with Gasteiger partial charge >= 0.3 is 0 Å². The number of nitrogens with one attached hydrogen (secondary N) is 1. The molecule has 0 spiro atoms. The molecular formula is C21H22N2OS. The average Bonchev–Trinajstić information content (AvgIpc) is 3.11. The summed E-state index contributed by atoms with van der Waals surface area (Å²) in [6.45, 7) is 4.19. The average molecular weight is 350 g/mol. The summed E-state index contributed by atoms with van der Waals surface area (Å²) >= 11 is 1.65. The van der Waals surface area contributed by atoms with Gasteiger partial charge in [0.1, 0.15) is 5.01 Å². The predicted molar refractivity (Wildman–Crippen MR) is 106 cm³/mol. The SMILES string of the molecule is CCCCC(=O)Nc1ccc(-c2csc(-c3ccccc3C)n2)cc1. The highest BCUT2D eigenvalue weighted by Gasteiger charge is 2.09. The first-order valence-electron chi connectivity index (χ1n) is 8.59. The lowest BCUT2D eigenvalue weighted by Crippen LogP contribution is -2.10. The zero-order chi connectivity index (χ0) is 17.6. The Morgan fingerprint density at radius 2 is 1.88 bits per heavy atom. The topological polar surface area (TPSA) is 42.0 Å². The van der Waals surface area contributed by atoms with Crippen LogP contribution in [-0.2, 0) is 4.79 Å². The van der Waals surface area contributed by atoms with Gasteiger partial charge in [0.25, 0.3) is 0 Å². The number of aromatic nitrogens is 1. The summed E-state index contributed by atoms with van der Waals surface area (Å²) in [6, 6.07) is 16.2. The first kappa shape index (κ1) is 17.4. The summed E-state index contributed by atoms with van der Waals surface area (Å²) in [5.74, 6) is 0.0742. The van der Waals surface area contributed by atoms with Gasteiger partial charge < -0.3 is 5.32 Å². The second-order valence-corrected chi connectivity index (χ2v) is 6.94. The summed E-state index contributed by atoms with van der Waals surface area (Å²) in [5.41, 5.74) is 5.26. The third kappa shape index (κ3) is 4.34. The monoisotopic (exact) mass is 350 g/mol. The Kier molecular flexibility index (Phi) is 5.61. The molecule has 1 N–H and O–H groups in total. The molecule has 0 radical (unpaired) electrons. The molecule has 0 saturated carbocycles. The van der Waals surface area contributed by atoms with E-state index in [-0.39, 0.29) is 5.91 Å². The predicted octanol–water partition coefficient (Wildman–Crippen LogP) is 5.91. The van der Waals surface area contributed by atoms with Crippen LogP contribution in [0.4, 0.5) is 5.69 Å². The van der Waals surface area contributed by atoms with Crippen LogP contribution in [0.3, 0.4) is 0 Å². The molecule has 0 atom stereocenters. The summed E-state index contributed by atoms with van der Waals surface area (Å²) in [4.78, 5) is 16.6. The van der Waals surface area contributed by atoms with Crippen molar-refractivity contribution in [2.75, 3.05) is 5.32 Å². The number of nitrogens with zero attached hydrogens (tertiary/aromatic N) is 1. The quantitative estimate of drug-likeness (QED) is 0.600. The van der Waals surface area contributed by atoms with E-state index in [1.165, 1.54) is 11.1 Å². The number of carbonyl (C=O) groups is 1. The maximum absolute atomic E-state index is 11.8. The van der Waals surface area contributed by atoms with Crippen molar-refractivity contribution in [3.63, 3.8) is 0 Å². The van der Waals surface area contributed by atoms with Gasteiger partial charge in [0, 0.05) is 28.6 Å². The summed E-state index contributed by atoms with van der Waals surface area (Å²) in [7, 11) is 0. The highest BCUT2D eigenvalue weighted by atomic mass is 32.1. The Hall–Kier alpha value is -2.46. The molecule has 0 bridgehead atoms. The number of thiazole rings is 1. The van der Waals surface area contributed by atoms with Crippen LogP contribution >= 0.6 is 11.3 Å². The highest BCUT2D eigenvalue weighted by molar-refractivity contribution is 7.13. The van der Waals surface area contributed by atoms with Crippen molar-refractivity contribution < 1.29 is 4.79 Å². The van der Waals surface area contributed by atoms with E-state index in [1.54, 1.807) is 11.3 Å². The van der Waals surface area contributed by atoms with Crippen molar-refractivity contribution in [3.05, 3.63) is 59.5 Å². The van der Waals surface area contributed by atoms with Gasteiger partial charge in [-0.25, -0.2) is 4.98 Å². The number of unbranched alkanes of at least 4 members (excludes halogenated alkanes) is 1. The Bertz CT molecular complexity index is 852. The van der Waals surface area contributed by atoms with Gasteiger partial charge in [0.15, 0.2) is 0 Å². The van der Waals surface area contributed by atoms with Crippen molar-refractivity contribution in [2.24, 2.45) is 0 Å². The van der Waals surface area contributed by atoms with E-state index in [0.717, 1.165) is 34.8 Å². The normalized spacial score (nSPS) is 10.6. The lowest BCUT2D eigenvalue weighted by atomic mass is 10.1. The summed E-state index contributed by atoms with van der Waals surface area (Å²) in [6.07, 6.45) is 2.52. The molecule has 1 amide bonds. The van der Waals surface area contributed by atoms with Crippen LogP contribution in [-0.4, -0.2) is 10.9 Å². The minimum absolute atomic E-state index is 0.0742. The molecular weight excluding hydrogens is 328 g/mol. The Balaban J connectivity index is 1.73. The van der Waals surface area contributed by atoms with Gasteiger partial charge in [-0.3, -0.25) is 4.79 Å². The van der Waals surface area contributed by atoms with Gasteiger partial charge in [-0.1, -0.05) is 49.7 Å². The van der Waals surface area contributed by atoms with E-state index in [0.29, 0.717) is 6.42 Å². The van der Waals surface area contributed by atoms with E-state index in [4.69, 9.17) is 4.98 Å². The van der Waals surface area contributed by atoms with E-state index in [1.807, 2.05) is 36.4 Å². The number of amides is 1. The fourth-order valence-corrected chi connectivity index (χ4v) is 3.55. The largest absolute Gasteiger partial charge is 0.326 e. The van der Waals surface area contributed by atoms with Crippen LogP contribution in [0, 0.1) is 6.92 Å². The highest BCUT2D eigenvalue weighted by Crippen LogP contribution is 2.31. The number of rotatable bonds is 6. The second-order valence-electron chi connectivity index (χ2n) is 6.08. The first-order valence-corrected chi connectivity index (χ1v) is 9.47. The molecule has 3 nitrogen and oxygen atoms in total. The molecule has 3 aromatic rings. The molecule has 128 valence electrons. The van der Waals surface area contributed by atoms with Crippen LogP contribution in [0.2, 0.25) is 0 Å². The molecule has 1 aromatic heterocycles. The lowest BCUT2D eigenvalue weighted by molar-refractivity contribution is -0.116.